The third kappa shape index (κ3) is 4.28. The molecule has 2 aromatic rings. The molecule has 6 heteroatoms. The van der Waals surface area contributed by atoms with Gasteiger partial charge in [0.05, 0.1) is 19.3 Å². The van der Waals surface area contributed by atoms with Crippen molar-refractivity contribution in [1.82, 2.24) is 9.88 Å². The lowest BCUT2D eigenvalue weighted by Gasteiger charge is -2.38. The number of aromatic nitrogens is 1. The fraction of sp³-hybridized carbons (Fsp3) is 0.455. The summed E-state index contributed by atoms with van der Waals surface area (Å²) in [4.78, 5) is 21.7. The van der Waals surface area contributed by atoms with Gasteiger partial charge in [-0.2, -0.15) is 0 Å². The molecule has 0 spiro atoms. The predicted octanol–water partition coefficient (Wildman–Crippen LogP) is 3.78. The highest BCUT2D eigenvalue weighted by Gasteiger charge is 2.32. The molecule has 3 heterocycles. The molecule has 6 nitrogen and oxygen atoms in total. The maximum atomic E-state index is 12.9. The van der Waals surface area contributed by atoms with Crippen LogP contribution in [-0.4, -0.2) is 48.8 Å². The summed E-state index contributed by atoms with van der Waals surface area (Å²) in [5.74, 6) is 0.971. The van der Waals surface area contributed by atoms with E-state index in [4.69, 9.17) is 9.47 Å². The SMILES string of the molecule is O=C(OCc1ccccc1)N1CCCC[C@@H]1c1cccnc1N1CCOCC1. The second-order valence-corrected chi connectivity index (χ2v) is 7.26. The van der Waals surface area contributed by atoms with Crippen molar-refractivity contribution in [2.75, 3.05) is 37.7 Å². The van der Waals surface area contributed by atoms with Crippen LogP contribution in [0, 0.1) is 0 Å². The maximum Gasteiger partial charge on any atom is 0.410 e. The van der Waals surface area contributed by atoms with Gasteiger partial charge in [-0.1, -0.05) is 36.4 Å². The number of benzene rings is 1. The average Bonchev–Trinajstić information content (AvgIpc) is 2.79. The summed E-state index contributed by atoms with van der Waals surface area (Å²) in [6.07, 6.45) is 4.62. The van der Waals surface area contributed by atoms with Crippen molar-refractivity contribution in [2.24, 2.45) is 0 Å². The highest BCUT2D eigenvalue weighted by Crippen LogP contribution is 2.36. The molecule has 4 rings (SSSR count). The van der Waals surface area contributed by atoms with E-state index in [1.54, 1.807) is 0 Å². The van der Waals surface area contributed by atoms with Crippen LogP contribution in [0.25, 0.3) is 0 Å². The van der Waals surface area contributed by atoms with Gasteiger partial charge < -0.3 is 19.3 Å². The Bertz CT molecular complexity index is 778. The lowest BCUT2D eigenvalue weighted by Crippen LogP contribution is -2.41. The largest absolute Gasteiger partial charge is 0.445 e. The van der Waals surface area contributed by atoms with Crippen LogP contribution >= 0.6 is 0 Å². The first kappa shape index (κ1) is 18.7. The van der Waals surface area contributed by atoms with Gasteiger partial charge in [0.25, 0.3) is 0 Å². The lowest BCUT2D eigenvalue weighted by molar-refractivity contribution is 0.0677. The molecule has 2 aliphatic heterocycles. The smallest absolute Gasteiger partial charge is 0.410 e. The van der Waals surface area contributed by atoms with Crippen molar-refractivity contribution in [3.05, 3.63) is 59.8 Å². The lowest BCUT2D eigenvalue weighted by atomic mass is 9.95. The van der Waals surface area contributed by atoms with Crippen LogP contribution in [0.1, 0.15) is 36.4 Å². The number of hydrogen-bond acceptors (Lipinski definition) is 5. The third-order valence-corrected chi connectivity index (χ3v) is 5.43. The van der Waals surface area contributed by atoms with E-state index in [9.17, 15) is 4.79 Å². The van der Waals surface area contributed by atoms with E-state index < -0.39 is 0 Å². The zero-order chi connectivity index (χ0) is 19.2. The number of pyridine rings is 1. The van der Waals surface area contributed by atoms with Crippen LogP contribution in [0.5, 0.6) is 0 Å². The number of morpholine rings is 1. The summed E-state index contributed by atoms with van der Waals surface area (Å²) >= 11 is 0. The van der Waals surface area contributed by atoms with E-state index in [0.717, 1.165) is 55.8 Å². The van der Waals surface area contributed by atoms with E-state index >= 15 is 0 Å². The first-order chi connectivity index (χ1) is 13.8. The van der Waals surface area contributed by atoms with Gasteiger partial charge >= 0.3 is 6.09 Å². The van der Waals surface area contributed by atoms with Crippen molar-refractivity contribution in [1.29, 1.82) is 0 Å². The van der Waals surface area contributed by atoms with Crippen LogP contribution in [0.2, 0.25) is 0 Å². The van der Waals surface area contributed by atoms with Gasteiger partial charge in [0, 0.05) is 31.4 Å². The van der Waals surface area contributed by atoms with Crippen LogP contribution in [0.15, 0.2) is 48.7 Å². The topological polar surface area (TPSA) is 54.9 Å². The van der Waals surface area contributed by atoms with E-state index in [1.165, 1.54) is 0 Å². The van der Waals surface area contributed by atoms with E-state index in [1.807, 2.05) is 47.5 Å². The van der Waals surface area contributed by atoms with Gasteiger partial charge in [-0.05, 0) is 30.9 Å². The number of hydrogen-bond donors (Lipinski definition) is 0. The summed E-state index contributed by atoms with van der Waals surface area (Å²) in [6.45, 7) is 4.10. The van der Waals surface area contributed by atoms with Gasteiger partial charge in [-0.25, -0.2) is 9.78 Å². The molecule has 0 saturated carbocycles. The molecule has 0 aliphatic carbocycles. The zero-order valence-corrected chi connectivity index (χ0v) is 16.1. The van der Waals surface area contributed by atoms with Crippen molar-refractivity contribution in [3.8, 4) is 0 Å². The number of carbonyl (C=O) groups is 1. The third-order valence-electron chi connectivity index (χ3n) is 5.43. The summed E-state index contributed by atoms with van der Waals surface area (Å²) in [7, 11) is 0. The minimum Gasteiger partial charge on any atom is -0.445 e. The molecule has 2 fully saturated rings. The number of likely N-dealkylation sites (tertiary alicyclic amines) is 1. The minimum absolute atomic E-state index is 0.00330. The second kappa shape index (κ2) is 9.06. The van der Waals surface area contributed by atoms with Crippen molar-refractivity contribution in [3.63, 3.8) is 0 Å². The van der Waals surface area contributed by atoms with Gasteiger partial charge in [-0.3, -0.25) is 0 Å². The van der Waals surface area contributed by atoms with Crippen LogP contribution in [0.3, 0.4) is 0 Å². The Labute approximate surface area is 166 Å². The first-order valence-corrected chi connectivity index (χ1v) is 10.1. The van der Waals surface area contributed by atoms with E-state index in [0.29, 0.717) is 19.8 Å². The Balaban J connectivity index is 1.51. The van der Waals surface area contributed by atoms with Crippen LogP contribution in [0.4, 0.5) is 10.6 Å². The summed E-state index contributed by atoms with van der Waals surface area (Å²) < 4.78 is 11.1. The zero-order valence-electron chi connectivity index (χ0n) is 16.1. The number of ether oxygens (including phenoxy) is 2. The van der Waals surface area contributed by atoms with Gasteiger partial charge in [0.15, 0.2) is 0 Å². The van der Waals surface area contributed by atoms with Crippen molar-refractivity contribution < 1.29 is 14.3 Å². The number of anilines is 1. The molecule has 0 N–H and O–H groups in total. The number of piperidine rings is 1. The molecule has 0 unspecified atom stereocenters. The Morgan fingerprint density at radius 3 is 2.71 bits per heavy atom. The van der Waals surface area contributed by atoms with E-state index in [2.05, 4.69) is 16.0 Å². The quantitative estimate of drug-likeness (QED) is 0.807. The van der Waals surface area contributed by atoms with Crippen LogP contribution in [-0.2, 0) is 16.1 Å². The second-order valence-electron chi connectivity index (χ2n) is 7.26. The fourth-order valence-electron chi connectivity index (χ4n) is 3.98. The fourth-order valence-corrected chi connectivity index (χ4v) is 3.98. The molecule has 1 aromatic heterocycles. The highest BCUT2D eigenvalue weighted by atomic mass is 16.6. The van der Waals surface area contributed by atoms with Crippen molar-refractivity contribution in [2.45, 2.75) is 31.9 Å². The molecule has 1 amide bonds. The molecule has 1 atom stereocenters. The Hall–Kier alpha value is -2.60. The van der Waals surface area contributed by atoms with Gasteiger partial charge in [0.1, 0.15) is 12.4 Å². The number of carbonyl (C=O) groups excluding carboxylic acids is 1. The van der Waals surface area contributed by atoms with Gasteiger partial charge in [-0.15, -0.1) is 0 Å². The molecule has 2 saturated heterocycles. The molecule has 1 aromatic carbocycles. The standard InChI is InChI=1S/C22H27N3O3/c26-22(28-17-18-7-2-1-3-8-18)25-12-5-4-10-20(25)19-9-6-11-23-21(19)24-13-15-27-16-14-24/h1-3,6-9,11,20H,4-5,10,12-17H2/t20-/m1/s1. The number of nitrogens with zero attached hydrogens (tertiary/aromatic N) is 3. The monoisotopic (exact) mass is 381 g/mol. The first-order valence-electron chi connectivity index (χ1n) is 10.1. The number of amides is 1. The molecule has 0 radical (unpaired) electrons. The molecule has 0 bridgehead atoms. The molecular weight excluding hydrogens is 354 g/mol. The van der Waals surface area contributed by atoms with Crippen LogP contribution < -0.4 is 4.90 Å². The summed E-state index contributed by atoms with van der Waals surface area (Å²) in [5, 5.41) is 0. The normalized spacial score (nSPS) is 20.1. The number of rotatable bonds is 4. The molecular formula is C22H27N3O3. The summed E-state index contributed by atoms with van der Waals surface area (Å²) in [6, 6.07) is 13.9. The van der Waals surface area contributed by atoms with Gasteiger partial charge in [0.2, 0.25) is 0 Å². The Morgan fingerprint density at radius 1 is 1.07 bits per heavy atom. The van der Waals surface area contributed by atoms with E-state index in [-0.39, 0.29) is 12.1 Å². The average molecular weight is 381 g/mol. The Kier molecular flexibility index (Phi) is 6.07. The molecule has 148 valence electrons. The Morgan fingerprint density at radius 2 is 1.89 bits per heavy atom. The minimum atomic E-state index is -0.245. The highest BCUT2D eigenvalue weighted by molar-refractivity contribution is 5.69. The molecule has 2 aliphatic rings. The summed E-state index contributed by atoms with van der Waals surface area (Å²) in [5.41, 5.74) is 2.11. The maximum absolute atomic E-state index is 12.9. The predicted molar refractivity (Wildman–Crippen MR) is 107 cm³/mol. The molecule has 28 heavy (non-hydrogen) atoms. The van der Waals surface area contributed by atoms with Crippen molar-refractivity contribution >= 4 is 11.9 Å².